The van der Waals surface area contributed by atoms with Crippen LogP contribution in [-0.2, 0) is 11.2 Å². The molecular weight excluding hydrogens is 310 g/mol. The van der Waals surface area contributed by atoms with Crippen LogP contribution in [0.3, 0.4) is 0 Å². The number of nitrogens with one attached hydrogen (secondary N) is 1. The summed E-state index contributed by atoms with van der Waals surface area (Å²) in [6.45, 7) is 10.1. The lowest BCUT2D eigenvalue weighted by Gasteiger charge is -2.23. The molecule has 0 aliphatic heterocycles. The molecule has 0 bridgehead atoms. The minimum Gasteiger partial charge on any atom is -0.481 e. The van der Waals surface area contributed by atoms with Crippen molar-refractivity contribution in [1.29, 1.82) is 0 Å². The van der Waals surface area contributed by atoms with E-state index in [0.717, 1.165) is 24.2 Å². The van der Waals surface area contributed by atoms with E-state index in [1.165, 1.54) is 16.7 Å². The van der Waals surface area contributed by atoms with Crippen LogP contribution in [-0.4, -0.2) is 12.0 Å². The van der Waals surface area contributed by atoms with E-state index in [4.69, 9.17) is 4.74 Å². The van der Waals surface area contributed by atoms with Gasteiger partial charge >= 0.3 is 0 Å². The summed E-state index contributed by atoms with van der Waals surface area (Å²) in [7, 11) is 0. The molecule has 2 aromatic rings. The van der Waals surface area contributed by atoms with Gasteiger partial charge in [0.25, 0.3) is 5.91 Å². The standard InChI is InChI=1S/C22H29NO2/c1-6-18-10-8-9-11-21(18)25-17(5)22(24)23-20(7-2)19-13-12-15(3)14-16(19)4/h8-14,17,20H,6-7H2,1-5H3,(H,23,24)/t17-,20+/m0/s1. The van der Waals surface area contributed by atoms with Gasteiger partial charge in [-0.25, -0.2) is 0 Å². The molecule has 2 aromatic carbocycles. The van der Waals surface area contributed by atoms with E-state index >= 15 is 0 Å². The minimum atomic E-state index is -0.535. The molecule has 2 rings (SSSR count). The number of carbonyl (C=O) groups is 1. The van der Waals surface area contributed by atoms with Crippen molar-refractivity contribution >= 4 is 5.91 Å². The number of hydrogen-bond acceptors (Lipinski definition) is 2. The maximum absolute atomic E-state index is 12.6. The Labute approximate surface area is 151 Å². The summed E-state index contributed by atoms with van der Waals surface area (Å²) < 4.78 is 5.92. The lowest BCUT2D eigenvalue weighted by Crippen LogP contribution is -2.38. The van der Waals surface area contributed by atoms with E-state index < -0.39 is 6.10 Å². The average Bonchev–Trinajstić information content (AvgIpc) is 2.60. The van der Waals surface area contributed by atoms with Crippen LogP contribution < -0.4 is 10.1 Å². The first kappa shape index (κ1) is 19.0. The zero-order valence-electron chi connectivity index (χ0n) is 15.9. The Morgan fingerprint density at radius 2 is 1.84 bits per heavy atom. The summed E-state index contributed by atoms with van der Waals surface area (Å²) in [5, 5.41) is 3.14. The van der Waals surface area contributed by atoms with Gasteiger partial charge in [0.15, 0.2) is 6.10 Å². The second-order valence-electron chi connectivity index (χ2n) is 6.55. The molecule has 0 aliphatic rings. The van der Waals surface area contributed by atoms with Gasteiger partial charge < -0.3 is 10.1 Å². The molecule has 1 amide bonds. The Morgan fingerprint density at radius 1 is 1.12 bits per heavy atom. The first-order valence-electron chi connectivity index (χ1n) is 9.08. The Hall–Kier alpha value is -2.29. The lowest BCUT2D eigenvalue weighted by molar-refractivity contribution is -0.128. The van der Waals surface area contributed by atoms with Crippen molar-refractivity contribution in [3.8, 4) is 5.75 Å². The Bertz CT molecular complexity index is 724. The predicted octanol–water partition coefficient (Wildman–Crippen LogP) is 4.90. The normalized spacial score (nSPS) is 13.2. The van der Waals surface area contributed by atoms with Gasteiger partial charge in [-0.1, -0.05) is 55.8 Å². The van der Waals surface area contributed by atoms with Crippen LogP contribution in [0.5, 0.6) is 5.75 Å². The van der Waals surface area contributed by atoms with Crippen molar-refractivity contribution in [2.24, 2.45) is 0 Å². The Kier molecular flexibility index (Phi) is 6.63. The van der Waals surface area contributed by atoms with E-state index in [0.29, 0.717) is 0 Å². The highest BCUT2D eigenvalue weighted by atomic mass is 16.5. The number of benzene rings is 2. The molecule has 0 radical (unpaired) electrons. The van der Waals surface area contributed by atoms with Gasteiger partial charge in [0.2, 0.25) is 0 Å². The third-order valence-electron chi connectivity index (χ3n) is 4.55. The SMILES string of the molecule is CCc1ccccc1O[C@@H](C)C(=O)N[C@H](CC)c1ccc(C)cc1C. The predicted molar refractivity (Wildman–Crippen MR) is 103 cm³/mol. The van der Waals surface area contributed by atoms with E-state index in [1.807, 2.05) is 24.3 Å². The van der Waals surface area contributed by atoms with Crippen LogP contribution >= 0.6 is 0 Å². The maximum Gasteiger partial charge on any atom is 0.261 e. The number of hydrogen-bond donors (Lipinski definition) is 1. The molecule has 0 aromatic heterocycles. The van der Waals surface area contributed by atoms with Crippen molar-refractivity contribution in [3.05, 3.63) is 64.7 Å². The molecule has 3 heteroatoms. The molecule has 134 valence electrons. The van der Waals surface area contributed by atoms with Gasteiger partial charge in [-0.15, -0.1) is 0 Å². The smallest absolute Gasteiger partial charge is 0.261 e. The Morgan fingerprint density at radius 3 is 2.48 bits per heavy atom. The minimum absolute atomic E-state index is 0.000527. The van der Waals surface area contributed by atoms with Crippen LogP contribution in [0.15, 0.2) is 42.5 Å². The largest absolute Gasteiger partial charge is 0.481 e. The number of rotatable bonds is 7. The fourth-order valence-corrected chi connectivity index (χ4v) is 3.06. The number of ether oxygens (including phenoxy) is 1. The topological polar surface area (TPSA) is 38.3 Å². The van der Waals surface area contributed by atoms with E-state index in [1.54, 1.807) is 6.92 Å². The van der Waals surface area contributed by atoms with Gasteiger partial charge in [0.05, 0.1) is 6.04 Å². The molecule has 0 saturated heterocycles. The summed E-state index contributed by atoms with van der Waals surface area (Å²) in [5.74, 6) is 0.699. The van der Waals surface area contributed by atoms with Crippen molar-refractivity contribution in [3.63, 3.8) is 0 Å². The molecule has 0 unspecified atom stereocenters. The van der Waals surface area contributed by atoms with E-state index in [-0.39, 0.29) is 11.9 Å². The molecule has 2 atom stereocenters. The first-order valence-corrected chi connectivity index (χ1v) is 9.08. The number of amides is 1. The second kappa shape index (κ2) is 8.70. The summed E-state index contributed by atoms with van der Waals surface area (Å²) >= 11 is 0. The summed E-state index contributed by atoms with van der Waals surface area (Å²) in [5.41, 5.74) is 4.72. The zero-order valence-corrected chi connectivity index (χ0v) is 15.9. The fourth-order valence-electron chi connectivity index (χ4n) is 3.06. The van der Waals surface area contributed by atoms with Crippen molar-refractivity contribution in [2.75, 3.05) is 0 Å². The maximum atomic E-state index is 12.6. The molecule has 3 nitrogen and oxygen atoms in total. The molecule has 1 N–H and O–H groups in total. The van der Waals surface area contributed by atoms with Crippen molar-refractivity contribution in [2.45, 2.75) is 59.6 Å². The molecule has 25 heavy (non-hydrogen) atoms. The third kappa shape index (κ3) is 4.85. The van der Waals surface area contributed by atoms with Crippen LogP contribution in [0.25, 0.3) is 0 Å². The van der Waals surface area contributed by atoms with Gasteiger partial charge in [-0.2, -0.15) is 0 Å². The highest BCUT2D eigenvalue weighted by Gasteiger charge is 2.21. The number of aryl methyl sites for hydroxylation is 3. The van der Waals surface area contributed by atoms with E-state index in [2.05, 4.69) is 51.2 Å². The van der Waals surface area contributed by atoms with Gasteiger partial charge in [0.1, 0.15) is 5.75 Å². The van der Waals surface area contributed by atoms with Crippen LogP contribution in [0, 0.1) is 13.8 Å². The van der Waals surface area contributed by atoms with Gasteiger partial charge in [-0.05, 0) is 56.4 Å². The summed E-state index contributed by atoms with van der Waals surface area (Å²) in [6, 6.07) is 14.2. The number of para-hydroxylation sites is 1. The average molecular weight is 339 g/mol. The third-order valence-corrected chi connectivity index (χ3v) is 4.55. The Balaban J connectivity index is 2.08. The summed E-state index contributed by atoms with van der Waals surface area (Å²) in [4.78, 5) is 12.6. The molecule has 0 heterocycles. The quantitative estimate of drug-likeness (QED) is 0.779. The van der Waals surface area contributed by atoms with Gasteiger partial charge in [-0.3, -0.25) is 4.79 Å². The molecule has 0 spiro atoms. The van der Waals surface area contributed by atoms with Crippen molar-refractivity contribution in [1.82, 2.24) is 5.32 Å². The second-order valence-corrected chi connectivity index (χ2v) is 6.55. The first-order chi connectivity index (χ1) is 12.0. The molecular formula is C22H29NO2. The molecule has 0 fully saturated rings. The van der Waals surface area contributed by atoms with Crippen LogP contribution in [0.4, 0.5) is 0 Å². The number of carbonyl (C=O) groups excluding carboxylic acids is 1. The van der Waals surface area contributed by atoms with Crippen LogP contribution in [0.1, 0.15) is 55.5 Å². The molecule has 0 saturated carbocycles. The van der Waals surface area contributed by atoms with E-state index in [9.17, 15) is 4.79 Å². The monoisotopic (exact) mass is 339 g/mol. The zero-order chi connectivity index (χ0) is 18.4. The van der Waals surface area contributed by atoms with Crippen LogP contribution in [0.2, 0.25) is 0 Å². The lowest BCUT2D eigenvalue weighted by atomic mass is 9.97. The fraction of sp³-hybridized carbons (Fsp3) is 0.409. The highest BCUT2D eigenvalue weighted by molar-refractivity contribution is 5.81. The summed E-state index contributed by atoms with van der Waals surface area (Å²) in [6.07, 6.45) is 1.19. The molecule has 0 aliphatic carbocycles. The van der Waals surface area contributed by atoms with Gasteiger partial charge in [0, 0.05) is 0 Å². The van der Waals surface area contributed by atoms with Crippen molar-refractivity contribution < 1.29 is 9.53 Å². The highest BCUT2D eigenvalue weighted by Crippen LogP contribution is 2.23.